The number of aryl methyl sites for hydroxylation is 1. The van der Waals surface area contributed by atoms with Gasteiger partial charge >= 0.3 is 0 Å². The minimum absolute atomic E-state index is 0. The van der Waals surface area contributed by atoms with Gasteiger partial charge in [0.1, 0.15) is 37.7 Å². The van der Waals surface area contributed by atoms with Crippen LogP contribution < -0.4 is 44.9 Å². The van der Waals surface area contributed by atoms with Gasteiger partial charge in [-0.05, 0) is 18.2 Å². The molecule has 41 heavy (non-hydrogen) atoms. The monoisotopic (exact) mass is 597 g/mol. The molecule has 5 aromatic rings. The summed E-state index contributed by atoms with van der Waals surface area (Å²) in [4.78, 5) is 21.2. The molecule has 0 atom stereocenters. The highest BCUT2D eigenvalue weighted by molar-refractivity contribution is 5.75. The van der Waals surface area contributed by atoms with E-state index in [1.54, 1.807) is 16.9 Å². The van der Waals surface area contributed by atoms with Crippen LogP contribution >= 0.6 is 0 Å². The van der Waals surface area contributed by atoms with Crippen molar-refractivity contribution in [3.63, 3.8) is 0 Å². The van der Waals surface area contributed by atoms with Crippen LogP contribution in [0.4, 0.5) is 0 Å². The Hall–Kier alpha value is -3.40. The minimum Gasteiger partial charge on any atom is -1.00 e. The Morgan fingerprint density at radius 1 is 0.829 bits per heavy atom. The first-order chi connectivity index (χ1) is 18.7. The van der Waals surface area contributed by atoms with Gasteiger partial charge < -0.3 is 49.4 Å². The van der Waals surface area contributed by atoms with E-state index in [0.717, 1.165) is 50.3 Å². The number of aromatic nitrogens is 3. The second-order valence-corrected chi connectivity index (χ2v) is 10.2. The molecule has 4 N–H and O–H groups in total. The second kappa shape index (κ2) is 14.5. The van der Waals surface area contributed by atoms with Gasteiger partial charge in [-0.25, -0.2) is 0 Å². The minimum atomic E-state index is 0. The maximum atomic E-state index is 13.3. The smallest absolute Gasteiger partial charge is 0.275 e. The van der Waals surface area contributed by atoms with Gasteiger partial charge in [0.25, 0.3) is 5.56 Å². The van der Waals surface area contributed by atoms with Crippen molar-refractivity contribution in [1.29, 1.82) is 0 Å². The topological polar surface area (TPSA) is 88.9 Å². The van der Waals surface area contributed by atoms with Crippen LogP contribution in [0.5, 0.6) is 5.88 Å². The first kappa shape index (κ1) is 32.1. The van der Waals surface area contributed by atoms with Crippen LogP contribution in [0.3, 0.4) is 0 Å². The zero-order valence-corrected chi connectivity index (χ0v) is 24.6. The molecule has 0 amide bonds. The average molecular weight is 599 g/mol. The Morgan fingerprint density at radius 3 is 2.07 bits per heavy atom. The normalized spacial score (nSPS) is 16.5. The largest absolute Gasteiger partial charge is 1.00 e. The van der Waals surface area contributed by atoms with Crippen LogP contribution in [0.25, 0.3) is 16.7 Å². The fourth-order valence-corrected chi connectivity index (χ4v) is 6.04. The van der Waals surface area contributed by atoms with Crippen molar-refractivity contribution < 1.29 is 44.8 Å². The zero-order chi connectivity index (χ0) is 25.9. The van der Waals surface area contributed by atoms with Gasteiger partial charge in [0.05, 0.1) is 19.2 Å². The van der Waals surface area contributed by atoms with E-state index >= 15 is 0 Å². The number of quaternary nitrogens is 2. The molecule has 10 heteroatoms. The molecule has 1 aliphatic rings. The van der Waals surface area contributed by atoms with Crippen molar-refractivity contribution in [3.8, 4) is 5.88 Å². The van der Waals surface area contributed by atoms with Gasteiger partial charge in [0.2, 0.25) is 5.88 Å². The lowest BCUT2D eigenvalue weighted by Gasteiger charge is -2.35. The number of hydrogen-bond acceptors (Lipinski definition) is 3. The number of fused-ring (bicyclic) bond motifs is 3. The Kier molecular flexibility index (Phi) is 11.3. The maximum Gasteiger partial charge on any atom is 0.275 e. The molecule has 218 valence electrons. The third-order valence-corrected chi connectivity index (χ3v) is 7.96. The molecule has 6 rings (SSSR count). The van der Waals surface area contributed by atoms with Crippen LogP contribution in [-0.4, -0.2) is 59.3 Å². The lowest BCUT2D eigenvalue weighted by Crippen LogP contribution is -3.28. The van der Waals surface area contributed by atoms with Gasteiger partial charge in [-0.1, -0.05) is 60.7 Å². The number of ether oxygens (including phenoxy) is 1. The van der Waals surface area contributed by atoms with E-state index in [-0.39, 0.29) is 35.8 Å². The molecule has 0 saturated carbocycles. The van der Waals surface area contributed by atoms with E-state index in [2.05, 4.69) is 65.6 Å². The number of pyridine rings is 1. The Labute approximate surface area is 252 Å². The van der Waals surface area contributed by atoms with Gasteiger partial charge in [-0.15, -0.1) is 0 Å². The van der Waals surface area contributed by atoms with Crippen LogP contribution in [0.1, 0.15) is 23.6 Å². The summed E-state index contributed by atoms with van der Waals surface area (Å²) >= 11 is 0. The van der Waals surface area contributed by atoms with Crippen molar-refractivity contribution >= 4 is 16.7 Å². The predicted molar refractivity (Wildman–Crippen MR) is 153 cm³/mol. The lowest BCUT2D eigenvalue weighted by atomic mass is 9.96. The Balaban J connectivity index is 0.00000154. The van der Waals surface area contributed by atoms with Crippen molar-refractivity contribution in [2.45, 2.75) is 19.0 Å². The highest BCUT2D eigenvalue weighted by Gasteiger charge is 2.31. The lowest BCUT2D eigenvalue weighted by molar-refractivity contribution is -1.02. The molecule has 8 nitrogen and oxygen atoms in total. The first-order valence-electron chi connectivity index (χ1n) is 13.6. The number of hydrogen-bond donors (Lipinski definition) is 2. The van der Waals surface area contributed by atoms with Crippen LogP contribution in [-0.2, 0) is 6.54 Å². The summed E-state index contributed by atoms with van der Waals surface area (Å²) in [5.41, 5.74) is 5.05. The number of rotatable bonds is 8. The summed E-state index contributed by atoms with van der Waals surface area (Å²) in [7, 11) is 1.61. The van der Waals surface area contributed by atoms with Crippen LogP contribution in [0.2, 0.25) is 0 Å². The SMILES string of the molecule is COc1ccc2c(n1)n1cccc1c(=O)n2CCC[NH+]1CC[NH+](C(c2ccccc2)c2ccccc2)CC1.O.[Cl-].[Cl-]. The molecule has 0 aliphatic carbocycles. The molecule has 0 radical (unpaired) electrons. The average Bonchev–Trinajstić information content (AvgIpc) is 3.47. The predicted octanol–water partition coefficient (Wildman–Crippen LogP) is -5.20. The maximum absolute atomic E-state index is 13.3. The fourth-order valence-electron chi connectivity index (χ4n) is 6.04. The number of benzene rings is 2. The van der Waals surface area contributed by atoms with E-state index in [1.807, 2.05) is 39.4 Å². The highest BCUT2D eigenvalue weighted by Crippen LogP contribution is 2.19. The number of nitrogens with zero attached hydrogens (tertiary/aromatic N) is 3. The third kappa shape index (κ3) is 6.58. The van der Waals surface area contributed by atoms with E-state index in [9.17, 15) is 4.79 Å². The summed E-state index contributed by atoms with van der Waals surface area (Å²) < 4.78 is 9.09. The molecule has 0 bridgehead atoms. The first-order valence-corrected chi connectivity index (χ1v) is 13.6. The summed E-state index contributed by atoms with van der Waals surface area (Å²) in [5.74, 6) is 0.548. The molecule has 1 saturated heterocycles. The Bertz CT molecular complexity index is 1550. The fraction of sp³-hybridized carbons (Fsp3) is 0.290. The van der Waals surface area contributed by atoms with Crippen LogP contribution in [0.15, 0.2) is 95.9 Å². The molecular weight excluding hydrogens is 561 g/mol. The van der Waals surface area contributed by atoms with E-state index in [4.69, 9.17) is 4.74 Å². The van der Waals surface area contributed by atoms with Crippen molar-refractivity contribution in [1.82, 2.24) is 14.0 Å². The number of nitrogens with one attached hydrogen (secondary N) is 2. The molecule has 3 aromatic heterocycles. The molecule has 2 aromatic carbocycles. The highest BCUT2D eigenvalue weighted by atomic mass is 35.5. The number of methoxy groups -OCH3 is 1. The van der Waals surface area contributed by atoms with E-state index in [1.165, 1.54) is 11.1 Å². The number of piperazine rings is 1. The van der Waals surface area contributed by atoms with Crippen LogP contribution in [0, 0.1) is 0 Å². The summed E-state index contributed by atoms with van der Waals surface area (Å²) in [6.45, 7) is 6.27. The van der Waals surface area contributed by atoms with Gasteiger partial charge in [0, 0.05) is 36.4 Å². The quantitative estimate of drug-likeness (QED) is 0.187. The van der Waals surface area contributed by atoms with Crippen molar-refractivity contribution in [2.75, 3.05) is 39.8 Å². The zero-order valence-electron chi connectivity index (χ0n) is 23.1. The van der Waals surface area contributed by atoms with Gasteiger partial charge in [-0.2, -0.15) is 4.98 Å². The standard InChI is InChI=1S/C31H33N5O2.2ClH.H2O/c1-38-28-16-15-26-30(32-28)35-18-8-14-27(35)31(37)36(26)19-9-17-33-20-22-34(23-21-33)29(24-10-4-2-5-11-24)25-12-6-3-7-13-25;;;/h2-8,10-16,18,29H,9,17,19-23H2,1H3;2*1H;1H2. The third-order valence-electron chi connectivity index (χ3n) is 7.96. The van der Waals surface area contributed by atoms with E-state index in [0.29, 0.717) is 24.0 Å². The summed E-state index contributed by atoms with van der Waals surface area (Å²) in [5, 5.41) is 0. The molecule has 0 spiro atoms. The molecule has 1 fully saturated rings. The summed E-state index contributed by atoms with van der Waals surface area (Å²) in [6, 6.07) is 29.7. The van der Waals surface area contributed by atoms with Crippen molar-refractivity contribution in [2.24, 2.45) is 0 Å². The molecule has 0 unspecified atom stereocenters. The van der Waals surface area contributed by atoms with E-state index < -0.39 is 0 Å². The molecule has 4 heterocycles. The van der Waals surface area contributed by atoms with Gasteiger partial charge in [0.15, 0.2) is 5.65 Å². The summed E-state index contributed by atoms with van der Waals surface area (Å²) in [6.07, 6.45) is 2.84. The molecular formula is C31H37Cl2N5O3. The second-order valence-electron chi connectivity index (χ2n) is 10.2. The van der Waals surface area contributed by atoms with Gasteiger partial charge in [-0.3, -0.25) is 9.20 Å². The molecule has 1 aliphatic heterocycles. The number of halogens is 2. The Morgan fingerprint density at radius 2 is 1.46 bits per heavy atom. The van der Waals surface area contributed by atoms with Crippen molar-refractivity contribution in [3.05, 3.63) is 113 Å².